The molecule has 0 saturated carbocycles. The lowest BCUT2D eigenvalue weighted by atomic mass is 9.91. The van der Waals surface area contributed by atoms with Gasteiger partial charge in [-0.2, -0.15) is 5.10 Å². The standard InChI is InChI=1S/C18H21N3O3/c1-3-24-17(23)18(9-8-14-6-4-5-7-15(14)18)20-16(22)12-21-11-13(2)10-19-21/h4-7,10-11H,3,8-9,12H2,1-2H3,(H,20,22)/t18-/m0/s1. The summed E-state index contributed by atoms with van der Waals surface area (Å²) in [6.07, 6.45) is 4.73. The zero-order valence-electron chi connectivity index (χ0n) is 13.9. The van der Waals surface area contributed by atoms with Gasteiger partial charge in [0, 0.05) is 6.20 Å². The van der Waals surface area contributed by atoms with Gasteiger partial charge in [0.15, 0.2) is 5.54 Å². The maximum atomic E-state index is 12.7. The molecule has 1 aliphatic rings. The van der Waals surface area contributed by atoms with E-state index in [0.29, 0.717) is 6.42 Å². The lowest BCUT2D eigenvalue weighted by Crippen LogP contribution is -2.52. The van der Waals surface area contributed by atoms with Gasteiger partial charge in [-0.25, -0.2) is 4.79 Å². The number of aromatic nitrogens is 2. The van der Waals surface area contributed by atoms with Gasteiger partial charge in [-0.1, -0.05) is 24.3 Å². The first kappa shape index (κ1) is 16.2. The van der Waals surface area contributed by atoms with E-state index in [4.69, 9.17) is 4.74 Å². The van der Waals surface area contributed by atoms with Crippen LogP contribution in [0.2, 0.25) is 0 Å². The molecule has 6 heteroatoms. The normalized spacial score (nSPS) is 18.9. The van der Waals surface area contributed by atoms with Crippen molar-refractivity contribution in [3.8, 4) is 0 Å². The molecule has 3 rings (SSSR count). The molecule has 0 aliphatic heterocycles. The number of fused-ring (bicyclic) bond motifs is 1. The third kappa shape index (κ3) is 2.91. The Bertz CT molecular complexity index is 768. The Morgan fingerprint density at radius 1 is 1.38 bits per heavy atom. The summed E-state index contributed by atoms with van der Waals surface area (Å²) < 4.78 is 6.83. The molecule has 1 amide bonds. The molecule has 2 aromatic rings. The van der Waals surface area contributed by atoms with Crippen LogP contribution in [-0.4, -0.2) is 28.3 Å². The van der Waals surface area contributed by atoms with E-state index in [1.807, 2.05) is 31.2 Å². The number of hydrogen-bond donors (Lipinski definition) is 1. The minimum absolute atomic E-state index is 0.0666. The number of carbonyl (C=O) groups excluding carboxylic acids is 2. The van der Waals surface area contributed by atoms with E-state index in [9.17, 15) is 9.59 Å². The Morgan fingerprint density at radius 3 is 2.88 bits per heavy atom. The summed E-state index contributed by atoms with van der Waals surface area (Å²) in [7, 11) is 0. The average Bonchev–Trinajstić information content (AvgIpc) is 3.13. The Balaban J connectivity index is 1.87. The molecule has 1 aromatic carbocycles. The number of nitrogens with one attached hydrogen (secondary N) is 1. The number of nitrogens with zero attached hydrogens (tertiary/aromatic N) is 2. The van der Waals surface area contributed by atoms with Crippen LogP contribution < -0.4 is 5.32 Å². The van der Waals surface area contributed by atoms with Crippen LogP contribution in [0.1, 0.15) is 30.0 Å². The van der Waals surface area contributed by atoms with E-state index in [2.05, 4.69) is 10.4 Å². The first-order chi connectivity index (χ1) is 11.5. The molecule has 0 unspecified atom stereocenters. The summed E-state index contributed by atoms with van der Waals surface area (Å²) in [6, 6.07) is 7.69. The SMILES string of the molecule is CCOC(=O)[C@]1(NC(=O)Cn2cc(C)cn2)CCc2ccccc21. The number of amides is 1. The van der Waals surface area contributed by atoms with Crippen LogP contribution in [0, 0.1) is 6.92 Å². The average molecular weight is 327 g/mol. The summed E-state index contributed by atoms with van der Waals surface area (Å²) in [5.74, 6) is -0.664. The van der Waals surface area contributed by atoms with Gasteiger partial charge in [-0.15, -0.1) is 0 Å². The van der Waals surface area contributed by atoms with E-state index >= 15 is 0 Å². The zero-order chi connectivity index (χ0) is 17.2. The van der Waals surface area contributed by atoms with Crippen molar-refractivity contribution in [2.24, 2.45) is 0 Å². The summed E-state index contributed by atoms with van der Waals surface area (Å²) in [5, 5.41) is 7.03. The van der Waals surface area contributed by atoms with Crippen LogP contribution in [0.3, 0.4) is 0 Å². The van der Waals surface area contributed by atoms with Crippen LogP contribution in [0.4, 0.5) is 0 Å². The Labute approximate surface area is 140 Å². The predicted molar refractivity (Wildman–Crippen MR) is 88.2 cm³/mol. The molecule has 0 saturated heterocycles. The van der Waals surface area contributed by atoms with Crippen LogP contribution in [0.5, 0.6) is 0 Å². The second-order valence-corrected chi connectivity index (χ2v) is 6.05. The molecule has 1 atom stereocenters. The van der Waals surface area contributed by atoms with E-state index < -0.39 is 11.5 Å². The highest BCUT2D eigenvalue weighted by atomic mass is 16.5. The summed E-state index contributed by atoms with van der Waals surface area (Å²) in [5.41, 5.74) is 1.77. The van der Waals surface area contributed by atoms with Crippen LogP contribution in [0.15, 0.2) is 36.7 Å². The molecule has 1 heterocycles. The summed E-state index contributed by atoms with van der Waals surface area (Å²) in [4.78, 5) is 25.2. The first-order valence-corrected chi connectivity index (χ1v) is 8.11. The second kappa shape index (κ2) is 6.47. The number of aryl methyl sites for hydroxylation is 2. The molecule has 1 aliphatic carbocycles. The van der Waals surface area contributed by atoms with Crippen molar-refractivity contribution in [1.29, 1.82) is 0 Å². The zero-order valence-corrected chi connectivity index (χ0v) is 13.9. The quantitative estimate of drug-likeness (QED) is 0.849. The molecule has 0 radical (unpaired) electrons. The topological polar surface area (TPSA) is 73.2 Å². The second-order valence-electron chi connectivity index (χ2n) is 6.05. The van der Waals surface area contributed by atoms with E-state index in [1.54, 1.807) is 24.0 Å². The third-order valence-corrected chi connectivity index (χ3v) is 4.29. The first-order valence-electron chi connectivity index (χ1n) is 8.11. The van der Waals surface area contributed by atoms with Crippen molar-refractivity contribution in [1.82, 2.24) is 15.1 Å². The molecule has 0 fully saturated rings. The maximum Gasteiger partial charge on any atom is 0.336 e. The van der Waals surface area contributed by atoms with Crippen LogP contribution in [-0.2, 0) is 32.8 Å². The van der Waals surface area contributed by atoms with Gasteiger partial charge in [0.1, 0.15) is 6.54 Å². The van der Waals surface area contributed by atoms with Crippen molar-refractivity contribution in [3.05, 3.63) is 53.3 Å². The molecule has 126 valence electrons. The monoisotopic (exact) mass is 327 g/mol. The number of benzene rings is 1. The fourth-order valence-electron chi connectivity index (χ4n) is 3.24. The van der Waals surface area contributed by atoms with Crippen molar-refractivity contribution in [2.75, 3.05) is 6.61 Å². The van der Waals surface area contributed by atoms with Gasteiger partial charge in [-0.3, -0.25) is 9.48 Å². The third-order valence-electron chi connectivity index (χ3n) is 4.29. The summed E-state index contributed by atoms with van der Waals surface area (Å²) >= 11 is 0. The van der Waals surface area contributed by atoms with Crippen LogP contribution in [0.25, 0.3) is 0 Å². The van der Waals surface area contributed by atoms with Crippen molar-refractivity contribution < 1.29 is 14.3 Å². The van der Waals surface area contributed by atoms with Gasteiger partial charge in [0.25, 0.3) is 0 Å². The predicted octanol–water partition coefficient (Wildman–Crippen LogP) is 1.71. The van der Waals surface area contributed by atoms with Crippen molar-refractivity contribution in [2.45, 2.75) is 38.8 Å². The molecule has 0 spiro atoms. The van der Waals surface area contributed by atoms with Gasteiger partial charge in [0.2, 0.25) is 5.91 Å². The summed E-state index contributed by atoms with van der Waals surface area (Å²) in [6.45, 7) is 4.02. The molecule has 1 N–H and O–H groups in total. The van der Waals surface area contributed by atoms with Gasteiger partial charge in [-0.05, 0) is 43.4 Å². The number of rotatable bonds is 5. The smallest absolute Gasteiger partial charge is 0.336 e. The minimum Gasteiger partial charge on any atom is -0.464 e. The highest BCUT2D eigenvalue weighted by Crippen LogP contribution is 2.38. The highest BCUT2D eigenvalue weighted by Gasteiger charge is 2.47. The minimum atomic E-state index is -1.11. The van der Waals surface area contributed by atoms with Gasteiger partial charge >= 0.3 is 5.97 Å². The lowest BCUT2D eigenvalue weighted by Gasteiger charge is -2.29. The van der Waals surface area contributed by atoms with Crippen LogP contribution >= 0.6 is 0 Å². The lowest BCUT2D eigenvalue weighted by molar-refractivity contribution is -0.154. The van der Waals surface area contributed by atoms with Crippen molar-refractivity contribution in [3.63, 3.8) is 0 Å². The van der Waals surface area contributed by atoms with E-state index in [1.165, 1.54) is 0 Å². The van der Waals surface area contributed by atoms with Crippen molar-refractivity contribution >= 4 is 11.9 Å². The van der Waals surface area contributed by atoms with E-state index in [-0.39, 0.29) is 19.1 Å². The fourth-order valence-corrected chi connectivity index (χ4v) is 3.24. The molecule has 0 bridgehead atoms. The number of ether oxygens (including phenoxy) is 1. The Hall–Kier alpha value is -2.63. The molecular weight excluding hydrogens is 306 g/mol. The van der Waals surface area contributed by atoms with Gasteiger partial charge < -0.3 is 10.1 Å². The highest BCUT2D eigenvalue weighted by molar-refractivity contribution is 5.90. The largest absolute Gasteiger partial charge is 0.464 e. The molecule has 6 nitrogen and oxygen atoms in total. The number of carbonyl (C=O) groups is 2. The number of hydrogen-bond acceptors (Lipinski definition) is 4. The van der Waals surface area contributed by atoms with E-state index in [0.717, 1.165) is 23.1 Å². The van der Waals surface area contributed by atoms with Gasteiger partial charge in [0.05, 0.1) is 12.8 Å². The fraction of sp³-hybridized carbons (Fsp3) is 0.389. The Morgan fingerprint density at radius 2 is 2.17 bits per heavy atom. The number of esters is 1. The maximum absolute atomic E-state index is 12.7. The molecular formula is C18H21N3O3. The molecule has 1 aromatic heterocycles. The molecule has 24 heavy (non-hydrogen) atoms. The Kier molecular flexibility index (Phi) is 4.38.